The predicted molar refractivity (Wildman–Crippen MR) is 94.0 cm³/mol. The number of hydrogen-bond donors (Lipinski definition) is 1. The van der Waals surface area contributed by atoms with E-state index < -0.39 is 22.8 Å². The molecule has 1 saturated heterocycles. The first-order chi connectivity index (χ1) is 11.6. The van der Waals surface area contributed by atoms with E-state index in [2.05, 4.69) is 4.98 Å². The summed E-state index contributed by atoms with van der Waals surface area (Å²) in [5.41, 5.74) is -1.31. The lowest BCUT2D eigenvalue weighted by atomic mass is 10.1. The van der Waals surface area contributed by atoms with Crippen LogP contribution in [0.2, 0.25) is 0 Å². The van der Waals surface area contributed by atoms with Gasteiger partial charge in [0.2, 0.25) is 5.43 Å². The molecule has 1 aliphatic rings. The highest BCUT2D eigenvalue weighted by atomic mass is 19.1. The van der Waals surface area contributed by atoms with E-state index in [-0.39, 0.29) is 22.8 Å². The first-order valence-corrected chi connectivity index (χ1v) is 8.37. The lowest BCUT2D eigenvalue weighted by Gasteiger charge is -2.27. The first-order valence-electron chi connectivity index (χ1n) is 8.37. The number of rotatable bonds is 2. The van der Waals surface area contributed by atoms with Gasteiger partial charge in [-0.25, -0.2) is 14.2 Å². The minimum Gasteiger partial charge on any atom is -0.477 e. The van der Waals surface area contributed by atoms with Crippen molar-refractivity contribution >= 4 is 22.8 Å². The van der Waals surface area contributed by atoms with E-state index in [9.17, 15) is 19.1 Å². The van der Waals surface area contributed by atoms with Crippen LogP contribution < -0.4 is 10.3 Å². The van der Waals surface area contributed by atoms with Crippen LogP contribution in [0.15, 0.2) is 17.1 Å². The van der Waals surface area contributed by atoms with Gasteiger partial charge < -0.3 is 14.6 Å². The lowest BCUT2D eigenvalue weighted by molar-refractivity contribution is 0.0694. The van der Waals surface area contributed by atoms with Crippen LogP contribution in [0, 0.1) is 5.82 Å². The normalized spacial score (nSPS) is 18.1. The highest BCUT2D eigenvalue weighted by Crippen LogP contribution is 2.29. The molecule has 7 heteroatoms. The van der Waals surface area contributed by atoms with Gasteiger partial charge in [0.05, 0.1) is 5.39 Å². The third-order valence-corrected chi connectivity index (χ3v) is 4.69. The Bertz CT molecular complexity index is 914. The SMILES string of the molecule is CC1CCCN1c1nc2c(cc1F)c(=O)c(C(=O)O)cn2C(C)(C)C. The van der Waals surface area contributed by atoms with E-state index in [0.29, 0.717) is 12.2 Å². The number of aromatic nitrogens is 2. The minimum atomic E-state index is -1.33. The van der Waals surface area contributed by atoms with Crippen molar-refractivity contribution in [3.63, 3.8) is 0 Å². The number of nitrogens with zero attached hydrogens (tertiary/aromatic N) is 3. The molecule has 0 saturated carbocycles. The van der Waals surface area contributed by atoms with Crippen molar-refractivity contribution in [2.45, 2.75) is 52.1 Å². The molecule has 0 bridgehead atoms. The van der Waals surface area contributed by atoms with Gasteiger partial charge in [0, 0.05) is 24.3 Å². The molecule has 0 spiro atoms. The van der Waals surface area contributed by atoms with E-state index in [1.54, 1.807) is 4.57 Å². The van der Waals surface area contributed by atoms with Gasteiger partial charge >= 0.3 is 5.97 Å². The zero-order valence-electron chi connectivity index (χ0n) is 14.8. The highest BCUT2D eigenvalue weighted by Gasteiger charge is 2.28. The molecule has 0 aliphatic carbocycles. The van der Waals surface area contributed by atoms with E-state index in [1.807, 2.05) is 32.6 Å². The highest BCUT2D eigenvalue weighted by molar-refractivity contribution is 5.92. The van der Waals surface area contributed by atoms with Crippen LogP contribution in [0.4, 0.5) is 10.2 Å². The molecule has 3 heterocycles. The fourth-order valence-electron chi connectivity index (χ4n) is 3.33. The number of carbonyl (C=O) groups is 1. The molecule has 1 atom stereocenters. The van der Waals surface area contributed by atoms with Gasteiger partial charge in [-0.2, -0.15) is 0 Å². The molecule has 1 N–H and O–H groups in total. The number of aromatic carboxylic acids is 1. The van der Waals surface area contributed by atoms with Crippen LogP contribution in [0.3, 0.4) is 0 Å². The number of halogens is 1. The third kappa shape index (κ3) is 2.88. The van der Waals surface area contributed by atoms with Gasteiger partial charge in [-0.1, -0.05) is 0 Å². The largest absolute Gasteiger partial charge is 0.477 e. The van der Waals surface area contributed by atoms with Crippen molar-refractivity contribution in [2.24, 2.45) is 0 Å². The van der Waals surface area contributed by atoms with Crippen LogP contribution in [0.25, 0.3) is 11.0 Å². The molecule has 1 aliphatic heterocycles. The maximum absolute atomic E-state index is 14.7. The zero-order chi connectivity index (χ0) is 18.5. The van der Waals surface area contributed by atoms with Crippen molar-refractivity contribution in [1.82, 2.24) is 9.55 Å². The second kappa shape index (κ2) is 5.82. The second-order valence-corrected chi connectivity index (χ2v) is 7.57. The van der Waals surface area contributed by atoms with Crippen LogP contribution in [0.1, 0.15) is 50.9 Å². The third-order valence-electron chi connectivity index (χ3n) is 4.69. The van der Waals surface area contributed by atoms with Crippen molar-refractivity contribution in [3.8, 4) is 0 Å². The first kappa shape index (κ1) is 17.4. The number of fused-ring (bicyclic) bond motifs is 1. The Morgan fingerprint density at radius 1 is 1.40 bits per heavy atom. The molecule has 0 radical (unpaired) electrons. The summed E-state index contributed by atoms with van der Waals surface area (Å²) in [4.78, 5) is 30.3. The van der Waals surface area contributed by atoms with Gasteiger partial charge in [0.15, 0.2) is 11.6 Å². The molecule has 0 aromatic carbocycles. The maximum atomic E-state index is 14.7. The molecule has 2 aromatic rings. The Balaban J connectivity index is 2.37. The summed E-state index contributed by atoms with van der Waals surface area (Å²) in [6, 6.07) is 1.30. The van der Waals surface area contributed by atoms with E-state index in [0.717, 1.165) is 18.9 Å². The average Bonchev–Trinajstić information content (AvgIpc) is 2.92. The van der Waals surface area contributed by atoms with E-state index in [1.165, 1.54) is 6.20 Å². The number of pyridine rings is 2. The van der Waals surface area contributed by atoms with Crippen LogP contribution in [-0.2, 0) is 5.54 Å². The standard InChI is InChI=1S/C18H22FN3O3/c1-10-6-5-7-21(10)16-13(19)8-11-14(23)12(17(24)25)9-22(15(11)20-16)18(2,3)4/h8-10H,5-7H2,1-4H3,(H,24,25). The van der Waals surface area contributed by atoms with Gasteiger partial charge in [-0.3, -0.25) is 4.79 Å². The van der Waals surface area contributed by atoms with Crippen LogP contribution in [-0.4, -0.2) is 33.2 Å². The van der Waals surface area contributed by atoms with Crippen molar-refractivity contribution in [1.29, 1.82) is 0 Å². The molecule has 1 fully saturated rings. The van der Waals surface area contributed by atoms with Gasteiger partial charge in [-0.15, -0.1) is 0 Å². The summed E-state index contributed by atoms with van der Waals surface area (Å²) in [5.74, 6) is -1.71. The number of carboxylic acids is 1. The Kier molecular flexibility index (Phi) is 4.05. The lowest BCUT2D eigenvalue weighted by Crippen LogP contribution is -2.31. The maximum Gasteiger partial charge on any atom is 0.341 e. The zero-order valence-corrected chi connectivity index (χ0v) is 14.8. The molecule has 134 valence electrons. The second-order valence-electron chi connectivity index (χ2n) is 7.57. The number of carboxylic acid groups (broad SMARTS) is 1. The fraction of sp³-hybridized carbons (Fsp3) is 0.500. The summed E-state index contributed by atoms with van der Waals surface area (Å²) in [5, 5.41) is 9.30. The molecular weight excluding hydrogens is 325 g/mol. The van der Waals surface area contributed by atoms with Crippen LogP contribution in [0.5, 0.6) is 0 Å². The average molecular weight is 347 g/mol. The summed E-state index contributed by atoms with van der Waals surface area (Å²) in [7, 11) is 0. The van der Waals surface area contributed by atoms with Gasteiger partial charge in [0.1, 0.15) is 11.2 Å². The molecular formula is C18H22FN3O3. The number of anilines is 1. The van der Waals surface area contributed by atoms with E-state index >= 15 is 0 Å². The van der Waals surface area contributed by atoms with Gasteiger partial charge in [0.25, 0.3) is 0 Å². The number of hydrogen-bond acceptors (Lipinski definition) is 4. The molecule has 3 rings (SSSR count). The molecule has 6 nitrogen and oxygen atoms in total. The minimum absolute atomic E-state index is 0.0112. The van der Waals surface area contributed by atoms with E-state index in [4.69, 9.17) is 0 Å². The molecule has 0 amide bonds. The summed E-state index contributed by atoms with van der Waals surface area (Å²) < 4.78 is 16.3. The quantitative estimate of drug-likeness (QED) is 0.904. The Labute approximate surface area is 144 Å². The van der Waals surface area contributed by atoms with Crippen LogP contribution >= 0.6 is 0 Å². The molecule has 1 unspecified atom stereocenters. The van der Waals surface area contributed by atoms with Gasteiger partial charge in [-0.05, 0) is 46.6 Å². The summed E-state index contributed by atoms with van der Waals surface area (Å²) in [6.45, 7) is 8.37. The smallest absolute Gasteiger partial charge is 0.341 e. The molecule has 2 aromatic heterocycles. The van der Waals surface area contributed by atoms with Crippen molar-refractivity contribution in [3.05, 3.63) is 33.9 Å². The fourth-order valence-corrected chi connectivity index (χ4v) is 3.33. The Hall–Kier alpha value is -2.44. The van der Waals surface area contributed by atoms with Crippen molar-refractivity contribution in [2.75, 3.05) is 11.4 Å². The Morgan fingerprint density at radius 2 is 2.08 bits per heavy atom. The van der Waals surface area contributed by atoms with Crippen molar-refractivity contribution < 1.29 is 14.3 Å². The molecule has 25 heavy (non-hydrogen) atoms. The summed E-state index contributed by atoms with van der Waals surface area (Å²) >= 11 is 0. The summed E-state index contributed by atoms with van der Waals surface area (Å²) in [6.07, 6.45) is 3.22. The predicted octanol–water partition coefficient (Wildman–Crippen LogP) is 2.98. The topological polar surface area (TPSA) is 75.4 Å². The Morgan fingerprint density at radius 3 is 2.60 bits per heavy atom. The monoisotopic (exact) mass is 347 g/mol.